The van der Waals surface area contributed by atoms with Crippen LogP contribution in [0, 0.1) is 0 Å². The number of aldehydes is 1. The Morgan fingerprint density at radius 1 is 1.38 bits per heavy atom. The van der Waals surface area contributed by atoms with Gasteiger partial charge in [-0.05, 0) is 18.2 Å². The van der Waals surface area contributed by atoms with Crippen molar-refractivity contribution in [3.05, 3.63) is 23.8 Å². The number of esters is 1. The van der Waals surface area contributed by atoms with E-state index in [4.69, 9.17) is 9.47 Å². The number of rotatable bonds is 5. The average molecular weight is 224 g/mol. The monoisotopic (exact) mass is 224 g/mol. The maximum Gasteiger partial charge on any atom is 0.343 e. The highest BCUT2D eigenvalue weighted by Gasteiger charge is 2.07. The van der Waals surface area contributed by atoms with Crippen LogP contribution in [0.5, 0.6) is 11.5 Å². The van der Waals surface area contributed by atoms with Crippen LogP contribution < -0.4 is 9.47 Å². The van der Waals surface area contributed by atoms with Crippen LogP contribution in [0.15, 0.2) is 18.2 Å². The van der Waals surface area contributed by atoms with Crippen molar-refractivity contribution >= 4 is 12.3 Å². The second-order valence-electron chi connectivity index (χ2n) is 2.89. The summed E-state index contributed by atoms with van der Waals surface area (Å²) in [6.45, 7) is -0.232. The molecule has 1 aromatic rings. The summed E-state index contributed by atoms with van der Waals surface area (Å²) >= 11 is 0. The van der Waals surface area contributed by atoms with Crippen LogP contribution in [0.25, 0.3) is 0 Å². The first kappa shape index (κ1) is 12.0. The molecule has 0 fully saturated rings. The van der Waals surface area contributed by atoms with Crippen molar-refractivity contribution in [1.82, 2.24) is 0 Å². The molecule has 16 heavy (non-hydrogen) atoms. The van der Waals surface area contributed by atoms with E-state index in [2.05, 4.69) is 4.74 Å². The zero-order valence-corrected chi connectivity index (χ0v) is 9.06. The zero-order chi connectivity index (χ0) is 12.0. The molecule has 0 heterocycles. The van der Waals surface area contributed by atoms with E-state index in [9.17, 15) is 9.59 Å². The van der Waals surface area contributed by atoms with E-state index in [1.807, 2.05) is 0 Å². The third-order valence-corrected chi connectivity index (χ3v) is 1.92. The highest BCUT2D eigenvalue weighted by Crippen LogP contribution is 2.22. The topological polar surface area (TPSA) is 61.8 Å². The van der Waals surface area contributed by atoms with Crippen molar-refractivity contribution in [3.8, 4) is 11.5 Å². The Labute approximate surface area is 92.9 Å². The Balaban J connectivity index is 2.79. The summed E-state index contributed by atoms with van der Waals surface area (Å²) in [6.07, 6.45) is 0.634. The molecule has 1 rings (SSSR count). The van der Waals surface area contributed by atoms with Gasteiger partial charge in [-0.3, -0.25) is 4.79 Å². The largest absolute Gasteiger partial charge is 0.497 e. The summed E-state index contributed by atoms with van der Waals surface area (Å²) in [4.78, 5) is 21.6. The van der Waals surface area contributed by atoms with Crippen molar-refractivity contribution in [1.29, 1.82) is 0 Å². The Kier molecular flexibility index (Phi) is 4.32. The van der Waals surface area contributed by atoms with Gasteiger partial charge in [-0.2, -0.15) is 0 Å². The van der Waals surface area contributed by atoms with Gasteiger partial charge < -0.3 is 14.2 Å². The minimum Gasteiger partial charge on any atom is -0.497 e. The van der Waals surface area contributed by atoms with Crippen LogP contribution in [-0.4, -0.2) is 33.1 Å². The van der Waals surface area contributed by atoms with Gasteiger partial charge in [-0.25, -0.2) is 4.79 Å². The van der Waals surface area contributed by atoms with Crippen molar-refractivity contribution in [2.45, 2.75) is 0 Å². The normalized spacial score (nSPS) is 9.38. The number of carbonyl (C=O) groups is 2. The summed E-state index contributed by atoms with van der Waals surface area (Å²) < 4.78 is 14.5. The van der Waals surface area contributed by atoms with E-state index < -0.39 is 5.97 Å². The molecule has 0 bridgehead atoms. The fourth-order valence-electron chi connectivity index (χ4n) is 1.07. The van der Waals surface area contributed by atoms with Crippen molar-refractivity contribution < 1.29 is 23.8 Å². The fraction of sp³-hybridized carbons (Fsp3) is 0.273. The average Bonchev–Trinajstić information content (AvgIpc) is 2.35. The van der Waals surface area contributed by atoms with E-state index in [1.165, 1.54) is 20.3 Å². The Bertz CT molecular complexity index is 386. The molecule has 0 aromatic heterocycles. The van der Waals surface area contributed by atoms with Crippen LogP contribution in [0.3, 0.4) is 0 Å². The van der Waals surface area contributed by atoms with Gasteiger partial charge in [-0.15, -0.1) is 0 Å². The third kappa shape index (κ3) is 2.98. The molecule has 0 amide bonds. The summed E-state index contributed by atoms with van der Waals surface area (Å²) in [5, 5.41) is 0. The number of hydrogen-bond acceptors (Lipinski definition) is 5. The molecule has 0 unspecified atom stereocenters. The lowest BCUT2D eigenvalue weighted by Gasteiger charge is -2.08. The first-order valence-electron chi connectivity index (χ1n) is 4.54. The fourth-order valence-corrected chi connectivity index (χ4v) is 1.07. The van der Waals surface area contributed by atoms with Gasteiger partial charge >= 0.3 is 5.97 Å². The number of methoxy groups -OCH3 is 2. The standard InChI is InChI=1S/C11H12O5/c1-14-9-3-4-10(8(5-9)6-12)16-7-11(13)15-2/h3-6H,7H2,1-2H3. The molecule has 0 saturated heterocycles. The predicted octanol–water partition coefficient (Wildman–Crippen LogP) is 1.06. The Morgan fingerprint density at radius 3 is 2.69 bits per heavy atom. The number of carbonyl (C=O) groups excluding carboxylic acids is 2. The lowest BCUT2D eigenvalue weighted by molar-refractivity contribution is -0.142. The molecular formula is C11H12O5. The maximum atomic E-state index is 10.8. The molecule has 0 atom stereocenters. The molecule has 0 aliphatic carbocycles. The first-order valence-corrected chi connectivity index (χ1v) is 4.54. The number of hydrogen-bond donors (Lipinski definition) is 0. The van der Waals surface area contributed by atoms with Crippen LogP contribution >= 0.6 is 0 Å². The summed E-state index contributed by atoms with van der Waals surface area (Å²) in [6, 6.07) is 4.73. The molecule has 0 aliphatic heterocycles. The summed E-state index contributed by atoms with van der Waals surface area (Å²) in [7, 11) is 2.76. The molecule has 0 aliphatic rings. The minimum absolute atomic E-state index is 0.232. The number of benzene rings is 1. The summed E-state index contributed by atoms with van der Waals surface area (Å²) in [5.74, 6) is 0.362. The van der Waals surface area contributed by atoms with E-state index >= 15 is 0 Å². The molecular weight excluding hydrogens is 212 g/mol. The lowest BCUT2D eigenvalue weighted by atomic mass is 10.2. The Hall–Kier alpha value is -2.04. The van der Waals surface area contributed by atoms with E-state index in [0.717, 1.165) is 0 Å². The lowest BCUT2D eigenvalue weighted by Crippen LogP contribution is -2.13. The van der Waals surface area contributed by atoms with Crippen LogP contribution in [0.4, 0.5) is 0 Å². The van der Waals surface area contributed by atoms with Gasteiger partial charge in [-0.1, -0.05) is 0 Å². The van der Waals surface area contributed by atoms with Gasteiger partial charge in [0.2, 0.25) is 0 Å². The van der Waals surface area contributed by atoms with Crippen molar-refractivity contribution in [2.24, 2.45) is 0 Å². The van der Waals surface area contributed by atoms with E-state index in [0.29, 0.717) is 23.3 Å². The van der Waals surface area contributed by atoms with Gasteiger partial charge in [0.25, 0.3) is 0 Å². The van der Waals surface area contributed by atoms with Crippen LogP contribution in [0.1, 0.15) is 10.4 Å². The highest BCUT2D eigenvalue weighted by atomic mass is 16.6. The van der Waals surface area contributed by atoms with Gasteiger partial charge in [0.05, 0.1) is 19.8 Å². The van der Waals surface area contributed by atoms with E-state index in [-0.39, 0.29) is 6.61 Å². The molecule has 5 nitrogen and oxygen atoms in total. The van der Waals surface area contributed by atoms with Gasteiger partial charge in [0.1, 0.15) is 11.5 Å². The molecule has 0 saturated carbocycles. The predicted molar refractivity (Wildman–Crippen MR) is 55.9 cm³/mol. The molecule has 0 radical (unpaired) electrons. The minimum atomic E-state index is -0.507. The quantitative estimate of drug-likeness (QED) is 0.552. The van der Waals surface area contributed by atoms with Crippen molar-refractivity contribution in [2.75, 3.05) is 20.8 Å². The Morgan fingerprint density at radius 2 is 2.12 bits per heavy atom. The SMILES string of the molecule is COC(=O)COc1ccc(OC)cc1C=O. The van der Waals surface area contributed by atoms with Crippen LogP contribution in [-0.2, 0) is 9.53 Å². The molecule has 86 valence electrons. The maximum absolute atomic E-state index is 10.8. The smallest absolute Gasteiger partial charge is 0.343 e. The van der Waals surface area contributed by atoms with Crippen molar-refractivity contribution in [3.63, 3.8) is 0 Å². The number of ether oxygens (including phenoxy) is 3. The van der Waals surface area contributed by atoms with E-state index in [1.54, 1.807) is 12.1 Å². The van der Waals surface area contributed by atoms with Gasteiger partial charge in [0, 0.05) is 0 Å². The molecule has 0 spiro atoms. The van der Waals surface area contributed by atoms with Crippen LogP contribution in [0.2, 0.25) is 0 Å². The molecule has 0 N–H and O–H groups in total. The first-order chi connectivity index (χ1) is 7.71. The van der Waals surface area contributed by atoms with Gasteiger partial charge in [0.15, 0.2) is 12.9 Å². The highest BCUT2D eigenvalue weighted by molar-refractivity contribution is 5.80. The third-order valence-electron chi connectivity index (χ3n) is 1.92. The second-order valence-corrected chi connectivity index (χ2v) is 2.89. The second kappa shape index (κ2) is 5.75. The molecule has 1 aromatic carbocycles. The molecule has 5 heteroatoms. The zero-order valence-electron chi connectivity index (χ0n) is 9.06. The summed E-state index contributed by atoms with van der Waals surface area (Å²) in [5.41, 5.74) is 0.322.